The summed E-state index contributed by atoms with van der Waals surface area (Å²) in [5, 5.41) is 3.45. The average molecular weight is 263 g/mol. The Bertz CT molecular complexity index is 399. The molecule has 1 N–H and O–H groups in total. The summed E-state index contributed by atoms with van der Waals surface area (Å²) in [6.45, 7) is 13.0. The van der Waals surface area contributed by atoms with E-state index >= 15 is 0 Å². The van der Waals surface area contributed by atoms with E-state index in [1.165, 1.54) is 12.0 Å². The third-order valence-electron chi connectivity index (χ3n) is 3.87. The molecule has 3 heteroatoms. The standard InChI is InChI=1S/C16H29N3/c1-7-9-17-12-14-10-13(3)18-15(11-14)19(6)16(4,5)8-2/h10-11,17H,7-9,12H2,1-6H3. The Kier molecular flexibility index (Phi) is 5.80. The molecule has 0 saturated heterocycles. The van der Waals surface area contributed by atoms with Gasteiger partial charge in [0.2, 0.25) is 0 Å². The Morgan fingerprint density at radius 1 is 1.26 bits per heavy atom. The second-order valence-corrected chi connectivity index (χ2v) is 5.88. The van der Waals surface area contributed by atoms with Crippen LogP contribution in [0.4, 0.5) is 5.82 Å². The third kappa shape index (κ3) is 4.50. The highest BCUT2D eigenvalue weighted by Crippen LogP contribution is 2.24. The first-order valence-corrected chi connectivity index (χ1v) is 7.32. The van der Waals surface area contributed by atoms with Crippen LogP contribution < -0.4 is 10.2 Å². The lowest BCUT2D eigenvalue weighted by atomic mass is 10.00. The van der Waals surface area contributed by atoms with Crippen LogP contribution in [0.3, 0.4) is 0 Å². The number of nitrogens with zero attached hydrogens (tertiary/aromatic N) is 2. The largest absolute Gasteiger partial charge is 0.355 e. The van der Waals surface area contributed by atoms with Gasteiger partial charge in [-0.2, -0.15) is 0 Å². The van der Waals surface area contributed by atoms with Crippen molar-refractivity contribution < 1.29 is 0 Å². The summed E-state index contributed by atoms with van der Waals surface area (Å²) in [6.07, 6.45) is 2.27. The molecule has 0 aliphatic heterocycles. The minimum absolute atomic E-state index is 0.134. The summed E-state index contributed by atoms with van der Waals surface area (Å²) < 4.78 is 0. The van der Waals surface area contributed by atoms with Crippen molar-refractivity contribution in [2.45, 2.75) is 59.5 Å². The van der Waals surface area contributed by atoms with E-state index in [-0.39, 0.29) is 5.54 Å². The topological polar surface area (TPSA) is 28.2 Å². The first kappa shape index (κ1) is 16.0. The Morgan fingerprint density at radius 2 is 1.95 bits per heavy atom. The molecule has 0 unspecified atom stereocenters. The smallest absolute Gasteiger partial charge is 0.129 e. The first-order valence-electron chi connectivity index (χ1n) is 7.32. The second-order valence-electron chi connectivity index (χ2n) is 5.88. The van der Waals surface area contributed by atoms with Gasteiger partial charge in [-0.1, -0.05) is 13.8 Å². The molecular formula is C16H29N3. The maximum Gasteiger partial charge on any atom is 0.129 e. The van der Waals surface area contributed by atoms with Crippen molar-refractivity contribution in [2.24, 2.45) is 0 Å². The van der Waals surface area contributed by atoms with Crippen molar-refractivity contribution in [3.63, 3.8) is 0 Å². The number of rotatable bonds is 7. The minimum Gasteiger partial charge on any atom is -0.355 e. The van der Waals surface area contributed by atoms with Gasteiger partial charge in [0.15, 0.2) is 0 Å². The molecule has 0 atom stereocenters. The number of aromatic nitrogens is 1. The van der Waals surface area contributed by atoms with E-state index in [2.05, 4.69) is 69.0 Å². The fourth-order valence-corrected chi connectivity index (χ4v) is 1.95. The highest BCUT2D eigenvalue weighted by Gasteiger charge is 2.22. The number of nitrogens with one attached hydrogen (secondary N) is 1. The Labute approximate surface area is 118 Å². The summed E-state index contributed by atoms with van der Waals surface area (Å²) in [5.41, 5.74) is 2.54. The molecule has 108 valence electrons. The van der Waals surface area contributed by atoms with Crippen molar-refractivity contribution >= 4 is 5.82 Å². The van der Waals surface area contributed by atoms with E-state index < -0.39 is 0 Å². The number of anilines is 1. The van der Waals surface area contributed by atoms with Crippen molar-refractivity contribution in [3.05, 3.63) is 23.4 Å². The Hall–Kier alpha value is -1.09. The van der Waals surface area contributed by atoms with Crippen LogP contribution in [0, 0.1) is 6.92 Å². The van der Waals surface area contributed by atoms with Gasteiger partial charge in [0.25, 0.3) is 0 Å². The van der Waals surface area contributed by atoms with Gasteiger partial charge in [0.05, 0.1) is 0 Å². The summed E-state index contributed by atoms with van der Waals surface area (Å²) in [4.78, 5) is 6.96. The molecule has 0 aliphatic carbocycles. The van der Waals surface area contributed by atoms with Gasteiger partial charge in [0.1, 0.15) is 5.82 Å². The normalized spacial score (nSPS) is 11.7. The van der Waals surface area contributed by atoms with Gasteiger partial charge in [-0.3, -0.25) is 0 Å². The van der Waals surface area contributed by atoms with Gasteiger partial charge < -0.3 is 10.2 Å². The zero-order valence-corrected chi connectivity index (χ0v) is 13.4. The lowest BCUT2D eigenvalue weighted by molar-refractivity contribution is 0.467. The predicted molar refractivity (Wildman–Crippen MR) is 83.7 cm³/mol. The Morgan fingerprint density at radius 3 is 2.53 bits per heavy atom. The van der Waals surface area contributed by atoms with Crippen LogP contribution in [0.2, 0.25) is 0 Å². The molecule has 1 aromatic rings. The molecule has 0 amide bonds. The van der Waals surface area contributed by atoms with E-state index in [1.807, 2.05) is 0 Å². The zero-order valence-electron chi connectivity index (χ0n) is 13.4. The summed E-state index contributed by atoms with van der Waals surface area (Å²) in [6, 6.07) is 4.37. The average Bonchev–Trinajstić information content (AvgIpc) is 2.37. The summed E-state index contributed by atoms with van der Waals surface area (Å²) >= 11 is 0. The molecule has 0 fully saturated rings. The van der Waals surface area contributed by atoms with E-state index in [4.69, 9.17) is 0 Å². The molecule has 0 spiro atoms. The van der Waals surface area contributed by atoms with Crippen LogP contribution in [0.1, 0.15) is 51.8 Å². The third-order valence-corrected chi connectivity index (χ3v) is 3.87. The minimum atomic E-state index is 0.134. The molecule has 1 aromatic heterocycles. The molecule has 0 aliphatic rings. The molecule has 0 radical (unpaired) electrons. The van der Waals surface area contributed by atoms with Gasteiger partial charge in [-0.15, -0.1) is 0 Å². The molecule has 19 heavy (non-hydrogen) atoms. The van der Waals surface area contributed by atoms with Crippen LogP contribution in [0.5, 0.6) is 0 Å². The molecule has 0 saturated carbocycles. The number of aryl methyl sites for hydroxylation is 1. The SMILES string of the molecule is CCCNCc1cc(C)nc(N(C)C(C)(C)CC)c1. The van der Waals surface area contributed by atoms with E-state index in [0.29, 0.717) is 0 Å². The molecule has 3 nitrogen and oxygen atoms in total. The monoisotopic (exact) mass is 263 g/mol. The Balaban J connectivity index is 2.89. The summed E-state index contributed by atoms with van der Waals surface area (Å²) in [5.74, 6) is 1.07. The fourth-order valence-electron chi connectivity index (χ4n) is 1.95. The van der Waals surface area contributed by atoms with Crippen molar-refractivity contribution in [3.8, 4) is 0 Å². The van der Waals surface area contributed by atoms with Gasteiger partial charge >= 0.3 is 0 Å². The zero-order chi connectivity index (χ0) is 14.5. The van der Waals surface area contributed by atoms with E-state index in [0.717, 1.165) is 31.0 Å². The van der Waals surface area contributed by atoms with Crippen LogP contribution in [0.25, 0.3) is 0 Å². The molecule has 0 bridgehead atoms. The number of pyridine rings is 1. The van der Waals surface area contributed by atoms with Gasteiger partial charge in [-0.25, -0.2) is 4.98 Å². The van der Waals surface area contributed by atoms with Crippen LogP contribution in [-0.4, -0.2) is 24.1 Å². The fraction of sp³-hybridized carbons (Fsp3) is 0.688. The maximum absolute atomic E-state index is 4.67. The van der Waals surface area contributed by atoms with Crippen molar-refractivity contribution in [1.29, 1.82) is 0 Å². The number of hydrogen-bond acceptors (Lipinski definition) is 3. The van der Waals surface area contributed by atoms with Crippen molar-refractivity contribution in [1.82, 2.24) is 10.3 Å². The van der Waals surface area contributed by atoms with E-state index in [9.17, 15) is 0 Å². The van der Waals surface area contributed by atoms with E-state index in [1.54, 1.807) is 0 Å². The predicted octanol–water partition coefficient (Wildman–Crippen LogP) is 3.51. The van der Waals surface area contributed by atoms with Crippen LogP contribution in [0.15, 0.2) is 12.1 Å². The van der Waals surface area contributed by atoms with Gasteiger partial charge in [-0.05, 0) is 57.9 Å². The molecule has 1 rings (SSSR count). The van der Waals surface area contributed by atoms with Crippen molar-refractivity contribution in [2.75, 3.05) is 18.5 Å². The molecule has 0 aromatic carbocycles. The maximum atomic E-state index is 4.67. The second kappa shape index (κ2) is 6.90. The lowest BCUT2D eigenvalue weighted by Gasteiger charge is -2.36. The lowest BCUT2D eigenvalue weighted by Crippen LogP contribution is -2.41. The van der Waals surface area contributed by atoms with Gasteiger partial charge in [0, 0.05) is 24.8 Å². The number of hydrogen-bond donors (Lipinski definition) is 1. The summed E-state index contributed by atoms with van der Waals surface area (Å²) in [7, 11) is 2.13. The van der Waals surface area contributed by atoms with Crippen LogP contribution >= 0.6 is 0 Å². The molecular weight excluding hydrogens is 234 g/mol. The quantitative estimate of drug-likeness (QED) is 0.763. The van der Waals surface area contributed by atoms with Crippen LogP contribution in [-0.2, 0) is 6.54 Å². The first-order chi connectivity index (χ1) is 8.90. The highest BCUT2D eigenvalue weighted by molar-refractivity contribution is 5.44. The highest BCUT2D eigenvalue weighted by atomic mass is 15.2. The molecule has 1 heterocycles.